The molecule has 0 saturated carbocycles. The average Bonchev–Trinajstić information content (AvgIpc) is 2.64. The zero-order valence-corrected chi connectivity index (χ0v) is 14.2. The predicted octanol–water partition coefficient (Wildman–Crippen LogP) is 3.04. The summed E-state index contributed by atoms with van der Waals surface area (Å²) < 4.78 is 19.1. The molecule has 7 heteroatoms. The van der Waals surface area contributed by atoms with Gasteiger partial charge in [0.05, 0.1) is 12.6 Å². The van der Waals surface area contributed by atoms with Crippen molar-refractivity contribution in [1.29, 1.82) is 0 Å². The maximum Gasteiger partial charge on any atom is 0.274 e. The highest BCUT2D eigenvalue weighted by atomic mass is 19.1. The normalized spacial score (nSPS) is 10.6. The number of amides is 2. The third kappa shape index (κ3) is 3.32. The van der Waals surface area contributed by atoms with Crippen molar-refractivity contribution in [3.8, 4) is 5.75 Å². The molecule has 0 aliphatic heterocycles. The summed E-state index contributed by atoms with van der Waals surface area (Å²) in [5.74, 6) is -1.25. The predicted molar refractivity (Wildman–Crippen MR) is 95.9 cm³/mol. The highest BCUT2D eigenvalue weighted by Crippen LogP contribution is 2.23. The van der Waals surface area contributed by atoms with Crippen LogP contribution in [-0.2, 0) is 0 Å². The van der Waals surface area contributed by atoms with E-state index in [1.165, 1.54) is 13.0 Å². The van der Waals surface area contributed by atoms with Crippen LogP contribution in [0.5, 0.6) is 5.75 Å². The Morgan fingerprint density at radius 1 is 1.15 bits per heavy atom. The van der Waals surface area contributed by atoms with Gasteiger partial charge in [0.25, 0.3) is 5.91 Å². The van der Waals surface area contributed by atoms with Gasteiger partial charge in [-0.15, -0.1) is 0 Å². The summed E-state index contributed by atoms with van der Waals surface area (Å²) in [6.45, 7) is 1.50. The summed E-state index contributed by atoms with van der Waals surface area (Å²) in [5.41, 5.74) is 6.31. The van der Waals surface area contributed by atoms with Crippen molar-refractivity contribution >= 4 is 28.4 Å². The summed E-state index contributed by atoms with van der Waals surface area (Å²) in [4.78, 5) is 28.1. The maximum atomic E-state index is 13.9. The van der Waals surface area contributed by atoms with Crippen LogP contribution in [0, 0.1) is 12.7 Å². The highest BCUT2D eigenvalue weighted by molar-refractivity contribution is 6.05. The lowest BCUT2D eigenvalue weighted by Gasteiger charge is -2.11. The molecule has 0 fully saturated rings. The maximum absolute atomic E-state index is 13.9. The number of methoxy groups -OCH3 is 1. The molecule has 0 unspecified atom stereocenters. The number of nitrogens with zero attached hydrogens (tertiary/aromatic N) is 1. The first-order valence-corrected chi connectivity index (χ1v) is 7.75. The second-order valence-electron chi connectivity index (χ2n) is 5.70. The number of primary amides is 1. The summed E-state index contributed by atoms with van der Waals surface area (Å²) in [6.07, 6.45) is 0. The van der Waals surface area contributed by atoms with Crippen LogP contribution in [0.4, 0.5) is 10.1 Å². The lowest BCUT2D eigenvalue weighted by atomic mass is 10.1. The lowest BCUT2D eigenvalue weighted by Crippen LogP contribution is -2.17. The molecule has 1 heterocycles. The Bertz CT molecular complexity index is 1030. The molecule has 0 bridgehead atoms. The third-order valence-corrected chi connectivity index (χ3v) is 4.01. The van der Waals surface area contributed by atoms with Gasteiger partial charge in [-0.05, 0) is 43.3 Å². The van der Waals surface area contributed by atoms with Gasteiger partial charge in [0.15, 0.2) is 0 Å². The number of pyridine rings is 1. The van der Waals surface area contributed by atoms with Crippen LogP contribution in [0.1, 0.15) is 26.4 Å². The number of anilines is 1. The zero-order chi connectivity index (χ0) is 18.8. The van der Waals surface area contributed by atoms with Gasteiger partial charge >= 0.3 is 0 Å². The number of carbonyl (C=O) groups is 2. The van der Waals surface area contributed by atoms with Gasteiger partial charge in [-0.25, -0.2) is 9.37 Å². The van der Waals surface area contributed by atoms with Crippen molar-refractivity contribution in [2.24, 2.45) is 5.73 Å². The molecular formula is C19H16FN3O3. The average molecular weight is 353 g/mol. The van der Waals surface area contributed by atoms with Crippen molar-refractivity contribution in [3.05, 3.63) is 65.1 Å². The fraction of sp³-hybridized carbons (Fsp3) is 0.105. The first kappa shape index (κ1) is 17.3. The van der Waals surface area contributed by atoms with Gasteiger partial charge in [-0.2, -0.15) is 0 Å². The van der Waals surface area contributed by atoms with Crippen molar-refractivity contribution in [2.75, 3.05) is 12.4 Å². The number of halogens is 1. The molecule has 0 aliphatic carbocycles. The summed E-state index contributed by atoms with van der Waals surface area (Å²) in [6, 6.07) is 11.0. The number of benzene rings is 2. The fourth-order valence-electron chi connectivity index (χ4n) is 2.49. The molecule has 3 N–H and O–H groups in total. The number of nitrogens with one attached hydrogen (secondary N) is 1. The molecule has 0 aliphatic rings. The van der Waals surface area contributed by atoms with Crippen LogP contribution in [0.2, 0.25) is 0 Å². The largest absolute Gasteiger partial charge is 0.497 e. The summed E-state index contributed by atoms with van der Waals surface area (Å²) >= 11 is 0. The van der Waals surface area contributed by atoms with Crippen LogP contribution in [0.25, 0.3) is 10.9 Å². The van der Waals surface area contributed by atoms with Gasteiger partial charge in [0.2, 0.25) is 5.91 Å². The van der Waals surface area contributed by atoms with E-state index in [0.717, 1.165) is 11.5 Å². The molecular weight excluding hydrogens is 337 g/mol. The number of hydrogen-bond donors (Lipinski definition) is 2. The second kappa shape index (κ2) is 6.79. The standard InChI is InChI=1S/C19H16FN3O3/c1-10-14(20)8-12(18(21)24)9-17(10)23-19(25)16-5-3-11-7-13(26-2)4-6-15(11)22-16/h3-9H,1-2H3,(H2,21,24)(H,23,25). The summed E-state index contributed by atoms with van der Waals surface area (Å²) in [7, 11) is 1.57. The zero-order valence-electron chi connectivity index (χ0n) is 14.2. The van der Waals surface area contributed by atoms with E-state index < -0.39 is 17.6 Å². The first-order valence-electron chi connectivity index (χ1n) is 7.75. The Morgan fingerprint density at radius 2 is 1.92 bits per heavy atom. The Balaban J connectivity index is 1.93. The van der Waals surface area contributed by atoms with E-state index in [-0.39, 0.29) is 22.5 Å². The van der Waals surface area contributed by atoms with Crippen LogP contribution >= 0.6 is 0 Å². The van der Waals surface area contributed by atoms with Gasteiger partial charge < -0.3 is 15.8 Å². The Kier molecular flexibility index (Phi) is 4.53. The van der Waals surface area contributed by atoms with E-state index in [0.29, 0.717) is 11.3 Å². The second-order valence-corrected chi connectivity index (χ2v) is 5.70. The van der Waals surface area contributed by atoms with Gasteiger partial charge in [-0.1, -0.05) is 6.07 Å². The van der Waals surface area contributed by atoms with Crippen molar-refractivity contribution < 1.29 is 18.7 Å². The van der Waals surface area contributed by atoms with E-state index in [9.17, 15) is 14.0 Å². The van der Waals surface area contributed by atoms with Crippen molar-refractivity contribution in [3.63, 3.8) is 0 Å². The third-order valence-electron chi connectivity index (χ3n) is 4.01. The Labute approximate surface area is 148 Å². The van der Waals surface area contributed by atoms with Crippen LogP contribution in [0.15, 0.2) is 42.5 Å². The number of ether oxygens (including phenoxy) is 1. The van der Waals surface area contributed by atoms with Gasteiger partial charge in [0.1, 0.15) is 17.3 Å². The molecule has 0 saturated heterocycles. The Hall–Kier alpha value is -3.48. The lowest BCUT2D eigenvalue weighted by molar-refractivity contribution is 0.0995. The number of fused-ring (bicyclic) bond motifs is 1. The first-order chi connectivity index (χ1) is 12.4. The molecule has 132 valence electrons. The van der Waals surface area contributed by atoms with E-state index in [2.05, 4.69) is 10.3 Å². The number of nitrogens with two attached hydrogens (primary N) is 1. The molecule has 3 rings (SSSR count). The van der Waals surface area contributed by atoms with Crippen molar-refractivity contribution in [2.45, 2.75) is 6.92 Å². The van der Waals surface area contributed by atoms with E-state index in [4.69, 9.17) is 10.5 Å². The molecule has 3 aromatic rings. The highest BCUT2D eigenvalue weighted by Gasteiger charge is 2.15. The number of rotatable bonds is 4. The minimum atomic E-state index is -0.780. The van der Waals surface area contributed by atoms with E-state index in [1.54, 1.807) is 37.4 Å². The Morgan fingerprint density at radius 3 is 2.62 bits per heavy atom. The molecule has 0 atom stereocenters. The number of carbonyl (C=O) groups excluding carboxylic acids is 2. The number of hydrogen-bond acceptors (Lipinski definition) is 4. The van der Waals surface area contributed by atoms with Crippen molar-refractivity contribution in [1.82, 2.24) is 4.98 Å². The quantitative estimate of drug-likeness (QED) is 0.754. The molecule has 0 radical (unpaired) electrons. The molecule has 26 heavy (non-hydrogen) atoms. The number of aromatic nitrogens is 1. The van der Waals surface area contributed by atoms with Crippen LogP contribution in [0.3, 0.4) is 0 Å². The molecule has 6 nitrogen and oxygen atoms in total. The molecule has 1 aromatic heterocycles. The minimum absolute atomic E-state index is 0.0260. The van der Waals surface area contributed by atoms with Crippen LogP contribution in [-0.4, -0.2) is 23.9 Å². The molecule has 2 amide bonds. The molecule has 2 aromatic carbocycles. The fourth-order valence-corrected chi connectivity index (χ4v) is 2.49. The van der Waals surface area contributed by atoms with E-state index >= 15 is 0 Å². The topological polar surface area (TPSA) is 94.3 Å². The molecule has 0 spiro atoms. The monoisotopic (exact) mass is 353 g/mol. The minimum Gasteiger partial charge on any atom is -0.497 e. The summed E-state index contributed by atoms with van der Waals surface area (Å²) in [5, 5.41) is 3.39. The van der Waals surface area contributed by atoms with Gasteiger partial charge in [0, 0.05) is 22.2 Å². The smallest absolute Gasteiger partial charge is 0.274 e. The SMILES string of the molecule is COc1ccc2nc(C(=O)Nc3cc(C(N)=O)cc(F)c3C)ccc2c1. The van der Waals surface area contributed by atoms with Gasteiger partial charge in [-0.3, -0.25) is 9.59 Å². The van der Waals surface area contributed by atoms with Crippen LogP contribution < -0.4 is 15.8 Å². The van der Waals surface area contributed by atoms with E-state index in [1.807, 2.05) is 0 Å².